The average Bonchev–Trinajstić information content (AvgIpc) is 2.22. The minimum absolute atomic E-state index is 0.000787. The number of allylic oxidation sites excluding steroid dienone is 3. The summed E-state index contributed by atoms with van der Waals surface area (Å²) in [6, 6.07) is 0. The number of ketones is 1. The van der Waals surface area contributed by atoms with Gasteiger partial charge in [-0.2, -0.15) is 0 Å². The van der Waals surface area contributed by atoms with E-state index in [1.807, 2.05) is 13.0 Å². The highest BCUT2D eigenvalue weighted by molar-refractivity contribution is 6.01. The topological polar surface area (TPSA) is 26.3 Å². The average molecular weight is 220 g/mol. The van der Waals surface area contributed by atoms with Crippen LogP contribution in [-0.4, -0.2) is 12.9 Å². The van der Waals surface area contributed by atoms with Crippen LogP contribution in [0, 0.1) is 16.7 Å². The van der Waals surface area contributed by atoms with Crippen molar-refractivity contribution in [2.45, 2.75) is 33.6 Å². The number of hydrogen-bond acceptors (Lipinski definition) is 2. The summed E-state index contributed by atoms with van der Waals surface area (Å²) in [6.07, 6.45) is 3.91. The quantitative estimate of drug-likeness (QED) is 0.528. The molecule has 0 spiro atoms. The van der Waals surface area contributed by atoms with E-state index in [4.69, 9.17) is 4.74 Å². The van der Waals surface area contributed by atoms with Crippen molar-refractivity contribution in [3.05, 3.63) is 24.0 Å². The maximum absolute atomic E-state index is 12.3. The molecule has 3 fully saturated rings. The molecule has 3 saturated carbocycles. The zero-order valence-corrected chi connectivity index (χ0v) is 10.6. The molecule has 3 rings (SSSR count). The van der Waals surface area contributed by atoms with E-state index < -0.39 is 5.41 Å². The lowest BCUT2D eigenvalue weighted by Gasteiger charge is -2.63. The van der Waals surface area contributed by atoms with Gasteiger partial charge < -0.3 is 4.74 Å². The van der Waals surface area contributed by atoms with Gasteiger partial charge in [0.25, 0.3) is 0 Å². The smallest absolute Gasteiger partial charge is 0.151 e. The summed E-state index contributed by atoms with van der Waals surface area (Å²) in [5.41, 5.74) is 0.594. The molecule has 2 unspecified atom stereocenters. The van der Waals surface area contributed by atoms with Gasteiger partial charge in [-0.05, 0) is 31.3 Å². The Morgan fingerprint density at radius 2 is 2.19 bits per heavy atom. The Balaban J connectivity index is 2.50. The highest BCUT2D eigenvalue weighted by Crippen LogP contribution is 2.67. The van der Waals surface area contributed by atoms with Gasteiger partial charge in [-0.15, -0.1) is 0 Å². The molecule has 0 aromatic carbocycles. The minimum Gasteiger partial charge on any atom is -0.502 e. The van der Waals surface area contributed by atoms with Crippen LogP contribution in [0.2, 0.25) is 0 Å². The van der Waals surface area contributed by atoms with Crippen molar-refractivity contribution in [2.75, 3.05) is 7.11 Å². The Bertz CT molecular complexity index is 380. The monoisotopic (exact) mass is 220 g/mol. The van der Waals surface area contributed by atoms with Gasteiger partial charge in [0.05, 0.1) is 18.3 Å². The van der Waals surface area contributed by atoms with E-state index in [2.05, 4.69) is 20.4 Å². The van der Waals surface area contributed by atoms with Gasteiger partial charge in [-0.25, -0.2) is 0 Å². The minimum atomic E-state index is -0.462. The fourth-order valence-corrected chi connectivity index (χ4v) is 3.48. The van der Waals surface area contributed by atoms with Crippen LogP contribution >= 0.6 is 0 Å². The zero-order chi connectivity index (χ0) is 12.1. The second-order valence-electron chi connectivity index (χ2n) is 5.55. The molecule has 2 atom stereocenters. The van der Waals surface area contributed by atoms with Crippen LogP contribution in [0.5, 0.6) is 0 Å². The second kappa shape index (κ2) is 3.22. The predicted octanol–water partition coefficient (Wildman–Crippen LogP) is 3.10. The first kappa shape index (κ1) is 11.4. The summed E-state index contributed by atoms with van der Waals surface area (Å²) in [7, 11) is 1.64. The van der Waals surface area contributed by atoms with Gasteiger partial charge in [0.15, 0.2) is 5.78 Å². The Kier molecular flexibility index (Phi) is 2.30. The van der Waals surface area contributed by atoms with Gasteiger partial charge in [0, 0.05) is 5.92 Å². The lowest BCUT2D eigenvalue weighted by molar-refractivity contribution is -0.164. The van der Waals surface area contributed by atoms with E-state index in [-0.39, 0.29) is 11.3 Å². The maximum Gasteiger partial charge on any atom is 0.151 e. The third-order valence-electron chi connectivity index (χ3n) is 4.63. The molecule has 2 nitrogen and oxygen atoms in total. The summed E-state index contributed by atoms with van der Waals surface area (Å²) < 4.78 is 5.20. The first-order chi connectivity index (χ1) is 7.38. The molecule has 88 valence electrons. The molecule has 16 heavy (non-hydrogen) atoms. The second-order valence-corrected chi connectivity index (χ2v) is 5.55. The molecule has 0 radical (unpaired) electrons. The summed E-state index contributed by atoms with van der Waals surface area (Å²) in [5.74, 6) is 1.35. The number of ether oxygens (including phenoxy) is 1. The number of carbonyl (C=O) groups is 1. The number of methoxy groups -OCH3 is 1. The van der Waals surface area contributed by atoms with E-state index in [1.165, 1.54) is 0 Å². The largest absolute Gasteiger partial charge is 0.502 e. The predicted molar refractivity (Wildman–Crippen MR) is 63.9 cm³/mol. The van der Waals surface area contributed by atoms with Crippen LogP contribution in [0.25, 0.3) is 0 Å². The van der Waals surface area contributed by atoms with E-state index in [0.717, 1.165) is 24.2 Å². The van der Waals surface area contributed by atoms with Crippen molar-refractivity contribution in [1.82, 2.24) is 0 Å². The molecule has 0 amide bonds. The lowest BCUT2D eigenvalue weighted by Crippen LogP contribution is -2.66. The summed E-state index contributed by atoms with van der Waals surface area (Å²) in [5, 5.41) is 0. The van der Waals surface area contributed by atoms with Crippen molar-refractivity contribution in [2.24, 2.45) is 16.7 Å². The fourth-order valence-electron chi connectivity index (χ4n) is 3.48. The number of fused-ring (bicyclic) bond motifs is 2. The molecular formula is C14H20O2. The SMILES string of the molecule is C=C1CCC2C(=O)C1(/C=C(\C)OC)C2(C)C. The van der Waals surface area contributed by atoms with E-state index >= 15 is 0 Å². The van der Waals surface area contributed by atoms with Crippen molar-refractivity contribution in [3.8, 4) is 0 Å². The zero-order valence-electron chi connectivity index (χ0n) is 10.6. The molecule has 0 saturated heterocycles. The van der Waals surface area contributed by atoms with Crippen molar-refractivity contribution in [1.29, 1.82) is 0 Å². The highest BCUT2D eigenvalue weighted by atomic mass is 16.5. The maximum atomic E-state index is 12.3. The number of hydrogen-bond donors (Lipinski definition) is 0. The molecule has 3 aliphatic carbocycles. The molecule has 0 N–H and O–H groups in total. The van der Waals surface area contributed by atoms with Crippen LogP contribution < -0.4 is 0 Å². The van der Waals surface area contributed by atoms with Crippen LogP contribution in [0.3, 0.4) is 0 Å². The van der Waals surface area contributed by atoms with E-state index in [1.54, 1.807) is 7.11 Å². The van der Waals surface area contributed by atoms with Gasteiger partial charge in [-0.3, -0.25) is 4.79 Å². The molecule has 0 aromatic heterocycles. The first-order valence-corrected chi connectivity index (χ1v) is 5.84. The van der Waals surface area contributed by atoms with Crippen LogP contribution in [0.15, 0.2) is 24.0 Å². The Hall–Kier alpha value is -1.05. The van der Waals surface area contributed by atoms with E-state index in [9.17, 15) is 4.79 Å². The lowest BCUT2D eigenvalue weighted by atomic mass is 9.37. The van der Waals surface area contributed by atoms with Gasteiger partial charge >= 0.3 is 0 Å². The molecular weight excluding hydrogens is 200 g/mol. The number of Topliss-reactive ketones (excluding diaryl/α,β-unsaturated/α-hetero) is 1. The van der Waals surface area contributed by atoms with Gasteiger partial charge in [-0.1, -0.05) is 26.0 Å². The standard InChI is InChI=1S/C14H20O2/c1-9-6-7-11-12(15)14(9,13(11,3)4)8-10(2)16-5/h8,11H,1,6-7H2,2-5H3/b10-8+. The molecule has 2 heteroatoms. The normalized spacial score (nSPS) is 37.0. The summed E-state index contributed by atoms with van der Waals surface area (Å²) in [6.45, 7) is 10.4. The molecule has 2 bridgehead atoms. The van der Waals surface area contributed by atoms with Crippen molar-refractivity contribution >= 4 is 5.78 Å². The summed E-state index contributed by atoms with van der Waals surface area (Å²) in [4.78, 5) is 12.3. The molecule has 0 aromatic rings. The van der Waals surface area contributed by atoms with Crippen molar-refractivity contribution in [3.63, 3.8) is 0 Å². The van der Waals surface area contributed by atoms with Gasteiger partial charge in [0.1, 0.15) is 0 Å². The number of carbonyl (C=O) groups excluding carboxylic acids is 1. The Labute approximate surface area is 97.4 Å². The van der Waals surface area contributed by atoms with Crippen LogP contribution in [0.4, 0.5) is 0 Å². The molecule has 3 aliphatic rings. The summed E-state index contributed by atoms with van der Waals surface area (Å²) >= 11 is 0. The van der Waals surface area contributed by atoms with Gasteiger partial charge in [0.2, 0.25) is 0 Å². The highest BCUT2D eigenvalue weighted by Gasteiger charge is 2.69. The number of rotatable bonds is 2. The first-order valence-electron chi connectivity index (χ1n) is 5.84. The molecule has 0 heterocycles. The fraction of sp³-hybridized carbons (Fsp3) is 0.643. The molecule has 0 aliphatic heterocycles. The van der Waals surface area contributed by atoms with E-state index in [0.29, 0.717) is 5.78 Å². The third-order valence-corrected chi connectivity index (χ3v) is 4.63. The third kappa shape index (κ3) is 1.05. The Morgan fingerprint density at radius 1 is 1.56 bits per heavy atom. The Morgan fingerprint density at radius 3 is 2.62 bits per heavy atom. The van der Waals surface area contributed by atoms with Crippen LogP contribution in [0.1, 0.15) is 33.6 Å². The van der Waals surface area contributed by atoms with Crippen molar-refractivity contribution < 1.29 is 9.53 Å². The van der Waals surface area contributed by atoms with Crippen LogP contribution in [-0.2, 0) is 9.53 Å².